The summed E-state index contributed by atoms with van der Waals surface area (Å²) in [6.07, 6.45) is 5.12. The lowest BCUT2D eigenvalue weighted by Gasteiger charge is -2.14. The predicted octanol–water partition coefficient (Wildman–Crippen LogP) is 2.08. The first kappa shape index (κ1) is 11.3. The standard InChI is InChI=1S/C11H14N4/c1-11(2,9-13)4-3-6-15-7-5-14-10(15)8-12/h5,7H,3-4,6H2,1-2H3. The molecule has 0 radical (unpaired) electrons. The molecule has 4 nitrogen and oxygen atoms in total. The molecule has 0 atom stereocenters. The van der Waals surface area contributed by atoms with Gasteiger partial charge in [-0.25, -0.2) is 4.98 Å². The molecule has 0 fully saturated rings. The average molecular weight is 202 g/mol. The Labute approximate surface area is 89.8 Å². The second-order valence-electron chi connectivity index (χ2n) is 4.16. The number of rotatable bonds is 4. The van der Waals surface area contributed by atoms with Gasteiger partial charge in [-0.2, -0.15) is 10.5 Å². The number of hydrogen-bond donors (Lipinski definition) is 0. The zero-order chi connectivity index (χ0) is 11.3. The van der Waals surface area contributed by atoms with Crippen LogP contribution in [0.5, 0.6) is 0 Å². The van der Waals surface area contributed by atoms with Crippen LogP contribution in [0.25, 0.3) is 0 Å². The summed E-state index contributed by atoms with van der Waals surface area (Å²) in [5, 5.41) is 17.6. The van der Waals surface area contributed by atoms with Crippen LogP contribution in [-0.4, -0.2) is 9.55 Å². The molecule has 4 heteroatoms. The molecule has 0 saturated heterocycles. The van der Waals surface area contributed by atoms with Gasteiger partial charge in [-0.1, -0.05) is 0 Å². The Hall–Kier alpha value is -1.81. The van der Waals surface area contributed by atoms with Gasteiger partial charge >= 0.3 is 0 Å². The SMILES string of the molecule is CC(C)(C#N)CCCn1ccnc1C#N. The molecule has 0 aromatic carbocycles. The lowest BCUT2D eigenvalue weighted by molar-refractivity contribution is 0.415. The van der Waals surface area contributed by atoms with E-state index in [9.17, 15) is 0 Å². The van der Waals surface area contributed by atoms with Gasteiger partial charge < -0.3 is 4.57 Å². The number of aryl methyl sites for hydroxylation is 1. The number of imidazole rings is 1. The van der Waals surface area contributed by atoms with Crippen LogP contribution in [0.2, 0.25) is 0 Å². The van der Waals surface area contributed by atoms with E-state index in [1.807, 2.05) is 24.5 Å². The summed E-state index contributed by atoms with van der Waals surface area (Å²) in [6.45, 7) is 4.59. The van der Waals surface area contributed by atoms with Gasteiger partial charge in [-0.15, -0.1) is 0 Å². The largest absolute Gasteiger partial charge is 0.323 e. The summed E-state index contributed by atoms with van der Waals surface area (Å²) in [7, 11) is 0. The van der Waals surface area contributed by atoms with E-state index in [2.05, 4.69) is 11.1 Å². The van der Waals surface area contributed by atoms with E-state index in [1.165, 1.54) is 0 Å². The maximum absolute atomic E-state index is 8.83. The van der Waals surface area contributed by atoms with Crippen molar-refractivity contribution in [2.75, 3.05) is 0 Å². The van der Waals surface area contributed by atoms with Crippen LogP contribution >= 0.6 is 0 Å². The number of nitriles is 2. The average Bonchev–Trinajstić information content (AvgIpc) is 2.65. The minimum atomic E-state index is -0.284. The molecule has 78 valence electrons. The van der Waals surface area contributed by atoms with E-state index >= 15 is 0 Å². The van der Waals surface area contributed by atoms with Gasteiger partial charge in [0.05, 0.1) is 11.5 Å². The van der Waals surface area contributed by atoms with Crippen molar-refractivity contribution in [3.05, 3.63) is 18.2 Å². The van der Waals surface area contributed by atoms with Crippen molar-refractivity contribution in [2.24, 2.45) is 5.41 Å². The van der Waals surface area contributed by atoms with Crippen LogP contribution in [-0.2, 0) is 6.54 Å². The molecule has 0 unspecified atom stereocenters. The molecule has 15 heavy (non-hydrogen) atoms. The van der Waals surface area contributed by atoms with Gasteiger partial charge in [0.1, 0.15) is 6.07 Å². The lowest BCUT2D eigenvalue weighted by Crippen LogP contribution is -2.10. The number of hydrogen-bond acceptors (Lipinski definition) is 3. The van der Waals surface area contributed by atoms with Crippen molar-refractivity contribution in [2.45, 2.75) is 33.2 Å². The lowest BCUT2D eigenvalue weighted by atomic mass is 9.90. The fraction of sp³-hybridized carbons (Fsp3) is 0.545. The normalized spacial score (nSPS) is 10.7. The summed E-state index contributed by atoms with van der Waals surface area (Å²) in [6, 6.07) is 4.28. The Morgan fingerprint density at radius 2 is 2.20 bits per heavy atom. The van der Waals surface area contributed by atoms with Gasteiger partial charge in [-0.05, 0) is 26.7 Å². The topological polar surface area (TPSA) is 65.4 Å². The summed E-state index contributed by atoms with van der Waals surface area (Å²) in [4.78, 5) is 3.91. The zero-order valence-electron chi connectivity index (χ0n) is 9.06. The molecule has 1 rings (SSSR count). The molecular formula is C11H14N4. The van der Waals surface area contributed by atoms with Gasteiger partial charge in [0.2, 0.25) is 5.82 Å². The van der Waals surface area contributed by atoms with Crippen LogP contribution in [0.4, 0.5) is 0 Å². The Morgan fingerprint density at radius 3 is 2.80 bits per heavy atom. The van der Waals surface area contributed by atoms with Gasteiger partial charge in [-0.3, -0.25) is 0 Å². The maximum atomic E-state index is 8.83. The van der Waals surface area contributed by atoms with Crippen LogP contribution in [0.3, 0.4) is 0 Å². The smallest absolute Gasteiger partial charge is 0.212 e. The van der Waals surface area contributed by atoms with Crippen LogP contribution in [0.1, 0.15) is 32.5 Å². The molecule has 0 spiro atoms. The summed E-state index contributed by atoms with van der Waals surface area (Å²) in [5.74, 6) is 0.435. The highest BCUT2D eigenvalue weighted by atomic mass is 15.1. The third-order valence-corrected chi connectivity index (χ3v) is 2.32. The number of aromatic nitrogens is 2. The Bertz CT molecular complexity index is 403. The second kappa shape index (κ2) is 4.61. The Balaban J connectivity index is 2.47. The molecule has 0 bridgehead atoms. The molecule has 0 aliphatic carbocycles. The minimum absolute atomic E-state index is 0.284. The quantitative estimate of drug-likeness (QED) is 0.750. The van der Waals surface area contributed by atoms with Gasteiger partial charge in [0.15, 0.2) is 0 Å². The number of nitrogens with zero attached hydrogens (tertiary/aromatic N) is 4. The Morgan fingerprint density at radius 1 is 1.47 bits per heavy atom. The van der Waals surface area contributed by atoms with E-state index in [-0.39, 0.29) is 5.41 Å². The molecular weight excluding hydrogens is 188 g/mol. The monoisotopic (exact) mass is 202 g/mol. The van der Waals surface area contributed by atoms with Crippen LogP contribution in [0, 0.1) is 28.1 Å². The molecule has 1 aromatic rings. The predicted molar refractivity (Wildman–Crippen MR) is 55.6 cm³/mol. The van der Waals surface area contributed by atoms with E-state index in [0.29, 0.717) is 5.82 Å². The first-order valence-electron chi connectivity index (χ1n) is 4.91. The first-order chi connectivity index (χ1) is 7.09. The maximum Gasteiger partial charge on any atom is 0.212 e. The Kier molecular flexibility index (Phi) is 3.46. The third-order valence-electron chi connectivity index (χ3n) is 2.32. The summed E-state index contributed by atoms with van der Waals surface area (Å²) in [5.41, 5.74) is -0.284. The van der Waals surface area contributed by atoms with E-state index in [1.54, 1.807) is 12.4 Å². The van der Waals surface area contributed by atoms with Gasteiger partial charge in [0.25, 0.3) is 0 Å². The summed E-state index contributed by atoms with van der Waals surface area (Å²) >= 11 is 0. The first-order valence-corrected chi connectivity index (χ1v) is 4.91. The van der Waals surface area contributed by atoms with E-state index < -0.39 is 0 Å². The van der Waals surface area contributed by atoms with Crippen molar-refractivity contribution in [1.29, 1.82) is 10.5 Å². The highest BCUT2D eigenvalue weighted by Crippen LogP contribution is 2.21. The van der Waals surface area contributed by atoms with Crippen LogP contribution < -0.4 is 0 Å². The molecule has 0 aliphatic heterocycles. The van der Waals surface area contributed by atoms with Crippen molar-refractivity contribution in [3.63, 3.8) is 0 Å². The van der Waals surface area contributed by atoms with Gasteiger partial charge in [0, 0.05) is 18.9 Å². The molecule has 1 heterocycles. The van der Waals surface area contributed by atoms with E-state index in [0.717, 1.165) is 19.4 Å². The second-order valence-corrected chi connectivity index (χ2v) is 4.16. The highest BCUT2D eigenvalue weighted by Gasteiger charge is 2.15. The fourth-order valence-corrected chi connectivity index (χ4v) is 1.35. The van der Waals surface area contributed by atoms with Crippen molar-refractivity contribution in [3.8, 4) is 12.1 Å². The minimum Gasteiger partial charge on any atom is -0.323 e. The fourth-order valence-electron chi connectivity index (χ4n) is 1.35. The zero-order valence-corrected chi connectivity index (χ0v) is 9.06. The van der Waals surface area contributed by atoms with Crippen molar-refractivity contribution in [1.82, 2.24) is 9.55 Å². The highest BCUT2D eigenvalue weighted by molar-refractivity contribution is 5.10. The van der Waals surface area contributed by atoms with E-state index in [4.69, 9.17) is 10.5 Å². The van der Waals surface area contributed by atoms with Crippen molar-refractivity contribution >= 4 is 0 Å². The molecule has 1 aromatic heterocycles. The molecule has 0 N–H and O–H groups in total. The molecule has 0 saturated carbocycles. The third kappa shape index (κ3) is 3.11. The molecule has 0 aliphatic rings. The van der Waals surface area contributed by atoms with Crippen LogP contribution in [0.15, 0.2) is 12.4 Å². The van der Waals surface area contributed by atoms with Crippen molar-refractivity contribution < 1.29 is 0 Å². The summed E-state index contributed by atoms with van der Waals surface area (Å²) < 4.78 is 1.81. The molecule has 0 amide bonds.